The summed E-state index contributed by atoms with van der Waals surface area (Å²) in [7, 11) is 3.23. The number of pyridine rings is 1. The second-order valence-electron chi connectivity index (χ2n) is 4.98. The van der Waals surface area contributed by atoms with Crippen molar-refractivity contribution in [3.63, 3.8) is 0 Å². The second kappa shape index (κ2) is 4.80. The van der Waals surface area contributed by atoms with Crippen molar-refractivity contribution in [3.05, 3.63) is 42.5 Å². The van der Waals surface area contributed by atoms with Gasteiger partial charge in [0.15, 0.2) is 17.1 Å². The van der Waals surface area contributed by atoms with Crippen molar-refractivity contribution in [2.45, 2.75) is 0 Å². The van der Waals surface area contributed by atoms with E-state index in [1.807, 2.05) is 36.4 Å². The minimum absolute atomic E-state index is 0.624. The third-order valence-electron chi connectivity index (χ3n) is 3.75. The first kappa shape index (κ1) is 12.8. The van der Waals surface area contributed by atoms with Gasteiger partial charge in [-0.15, -0.1) is 10.2 Å². The molecule has 0 saturated carbocycles. The molecular weight excluding hydrogens is 278 g/mol. The van der Waals surface area contributed by atoms with Crippen LogP contribution in [-0.4, -0.2) is 29.4 Å². The molecule has 0 aliphatic rings. The standard InChI is InChI=1S/C17H13N3O2/c1-21-15-8-10-7-12-11-5-3-4-6-13(11)19-20-17(12)18-14(10)9-16(15)22-2/h3-9H,1-2H3. The average molecular weight is 291 g/mol. The Morgan fingerprint density at radius 2 is 1.55 bits per heavy atom. The highest BCUT2D eigenvalue weighted by Crippen LogP contribution is 2.33. The van der Waals surface area contributed by atoms with E-state index in [9.17, 15) is 0 Å². The van der Waals surface area contributed by atoms with Gasteiger partial charge in [-0.2, -0.15) is 0 Å². The molecule has 0 bridgehead atoms. The maximum Gasteiger partial charge on any atom is 0.183 e. The Labute approximate surface area is 126 Å². The Kier molecular flexibility index (Phi) is 2.79. The van der Waals surface area contributed by atoms with Crippen molar-refractivity contribution >= 4 is 32.8 Å². The van der Waals surface area contributed by atoms with E-state index < -0.39 is 0 Å². The van der Waals surface area contributed by atoms with Crippen molar-refractivity contribution in [2.75, 3.05) is 14.2 Å². The van der Waals surface area contributed by atoms with Crippen molar-refractivity contribution < 1.29 is 9.47 Å². The summed E-state index contributed by atoms with van der Waals surface area (Å²) in [5, 5.41) is 11.4. The number of nitrogens with zero attached hydrogens (tertiary/aromatic N) is 3. The summed E-state index contributed by atoms with van der Waals surface area (Å²) < 4.78 is 10.7. The lowest BCUT2D eigenvalue weighted by atomic mass is 10.1. The lowest BCUT2D eigenvalue weighted by Crippen LogP contribution is -1.94. The highest BCUT2D eigenvalue weighted by Gasteiger charge is 2.10. The van der Waals surface area contributed by atoms with Crippen LogP contribution in [0.1, 0.15) is 0 Å². The molecule has 0 saturated heterocycles. The van der Waals surface area contributed by atoms with Gasteiger partial charge in [0.25, 0.3) is 0 Å². The van der Waals surface area contributed by atoms with Crippen LogP contribution in [0.5, 0.6) is 11.5 Å². The van der Waals surface area contributed by atoms with Gasteiger partial charge in [-0.25, -0.2) is 4.98 Å². The van der Waals surface area contributed by atoms with E-state index in [1.54, 1.807) is 14.2 Å². The number of hydrogen-bond acceptors (Lipinski definition) is 5. The van der Waals surface area contributed by atoms with Crippen LogP contribution in [0.25, 0.3) is 32.8 Å². The molecule has 4 rings (SSSR count). The topological polar surface area (TPSA) is 57.1 Å². The summed E-state index contributed by atoms with van der Waals surface area (Å²) in [5.74, 6) is 1.33. The molecule has 5 heteroatoms. The van der Waals surface area contributed by atoms with E-state index in [2.05, 4.69) is 21.2 Å². The molecule has 2 aromatic carbocycles. The van der Waals surface area contributed by atoms with Gasteiger partial charge in [0.1, 0.15) is 0 Å². The fourth-order valence-corrected chi connectivity index (χ4v) is 2.66. The van der Waals surface area contributed by atoms with Gasteiger partial charge in [-0.1, -0.05) is 18.2 Å². The maximum absolute atomic E-state index is 5.36. The molecule has 0 N–H and O–H groups in total. The molecule has 0 atom stereocenters. The Morgan fingerprint density at radius 1 is 0.773 bits per heavy atom. The smallest absolute Gasteiger partial charge is 0.183 e. The van der Waals surface area contributed by atoms with E-state index in [4.69, 9.17) is 9.47 Å². The molecule has 5 nitrogen and oxygen atoms in total. The third-order valence-corrected chi connectivity index (χ3v) is 3.75. The van der Waals surface area contributed by atoms with E-state index in [-0.39, 0.29) is 0 Å². The van der Waals surface area contributed by atoms with Crippen LogP contribution in [0.15, 0.2) is 42.5 Å². The van der Waals surface area contributed by atoms with E-state index in [0.717, 1.165) is 27.2 Å². The Morgan fingerprint density at radius 3 is 2.36 bits per heavy atom. The number of fused-ring (bicyclic) bond motifs is 4. The van der Waals surface area contributed by atoms with Gasteiger partial charge in [0, 0.05) is 22.2 Å². The van der Waals surface area contributed by atoms with Crippen molar-refractivity contribution in [3.8, 4) is 11.5 Å². The second-order valence-corrected chi connectivity index (χ2v) is 4.98. The molecule has 0 fully saturated rings. The molecule has 0 radical (unpaired) electrons. The quantitative estimate of drug-likeness (QED) is 0.419. The van der Waals surface area contributed by atoms with E-state index in [0.29, 0.717) is 17.1 Å². The molecular formula is C17H13N3O2. The zero-order chi connectivity index (χ0) is 15.1. The number of aromatic nitrogens is 3. The summed E-state index contributed by atoms with van der Waals surface area (Å²) in [4.78, 5) is 4.60. The number of ether oxygens (including phenoxy) is 2. The summed E-state index contributed by atoms with van der Waals surface area (Å²) >= 11 is 0. The van der Waals surface area contributed by atoms with Crippen molar-refractivity contribution in [2.24, 2.45) is 0 Å². The normalized spacial score (nSPS) is 11.2. The Bertz CT molecular complexity index is 1010. The fourth-order valence-electron chi connectivity index (χ4n) is 2.66. The minimum atomic E-state index is 0.624. The van der Waals surface area contributed by atoms with Crippen LogP contribution < -0.4 is 9.47 Å². The molecule has 0 unspecified atom stereocenters. The molecule has 2 aromatic heterocycles. The Balaban J connectivity index is 2.12. The predicted molar refractivity (Wildman–Crippen MR) is 85.4 cm³/mol. The summed E-state index contributed by atoms with van der Waals surface area (Å²) in [5.41, 5.74) is 2.28. The fraction of sp³-hybridized carbons (Fsp3) is 0.118. The zero-order valence-corrected chi connectivity index (χ0v) is 12.2. The monoisotopic (exact) mass is 291 g/mol. The highest BCUT2D eigenvalue weighted by atomic mass is 16.5. The van der Waals surface area contributed by atoms with Crippen LogP contribution in [-0.2, 0) is 0 Å². The van der Waals surface area contributed by atoms with Crippen molar-refractivity contribution in [1.82, 2.24) is 15.2 Å². The molecule has 0 aliphatic carbocycles. The lowest BCUT2D eigenvalue weighted by Gasteiger charge is -2.09. The zero-order valence-electron chi connectivity index (χ0n) is 12.2. The first-order valence-electron chi connectivity index (χ1n) is 6.88. The first-order valence-corrected chi connectivity index (χ1v) is 6.88. The van der Waals surface area contributed by atoms with Crippen LogP contribution in [0.4, 0.5) is 0 Å². The van der Waals surface area contributed by atoms with Crippen LogP contribution >= 0.6 is 0 Å². The maximum atomic E-state index is 5.36. The molecule has 4 aromatic rings. The number of hydrogen-bond donors (Lipinski definition) is 0. The molecule has 2 heterocycles. The SMILES string of the molecule is COc1cc2cc3c(nnc4ccccc43)nc2cc1OC. The summed E-state index contributed by atoms with van der Waals surface area (Å²) in [6.07, 6.45) is 0. The van der Waals surface area contributed by atoms with Gasteiger partial charge < -0.3 is 9.47 Å². The number of benzene rings is 2. The van der Waals surface area contributed by atoms with Gasteiger partial charge >= 0.3 is 0 Å². The van der Waals surface area contributed by atoms with E-state index in [1.165, 1.54) is 0 Å². The lowest BCUT2D eigenvalue weighted by molar-refractivity contribution is 0.356. The van der Waals surface area contributed by atoms with Crippen LogP contribution in [0, 0.1) is 0 Å². The number of methoxy groups -OCH3 is 2. The van der Waals surface area contributed by atoms with Crippen LogP contribution in [0.2, 0.25) is 0 Å². The Hall–Kier alpha value is -2.95. The molecule has 22 heavy (non-hydrogen) atoms. The highest BCUT2D eigenvalue weighted by molar-refractivity contribution is 6.06. The predicted octanol–water partition coefficient (Wildman–Crippen LogP) is 3.35. The molecule has 0 spiro atoms. The molecule has 108 valence electrons. The van der Waals surface area contributed by atoms with Gasteiger partial charge in [-0.05, 0) is 18.2 Å². The molecule has 0 amide bonds. The van der Waals surface area contributed by atoms with Crippen LogP contribution in [0.3, 0.4) is 0 Å². The molecule has 0 aliphatic heterocycles. The first-order chi connectivity index (χ1) is 10.8. The minimum Gasteiger partial charge on any atom is -0.493 e. The van der Waals surface area contributed by atoms with Gasteiger partial charge in [0.05, 0.1) is 25.3 Å². The van der Waals surface area contributed by atoms with E-state index >= 15 is 0 Å². The number of rotatable bonds is 2. The summed E-state index contributed by atoms with van der Waals surface area (Å²) in [6, 6.07) is 13.8. The summed E-state index contributed by atoms with van der Waals surface area (Å²) in [6.45, 7) is 0. The van der Waals surface area contributed by atoms with Gasteiger partial charge in [-0.3, -0.25) is 0 Å². The van der Waals surface area contributed by atoms with Crippen molar-refractivity contribution in [1.29, 1.82) is 0 Å². The third kappa shape index (κ3) is 1.83. The van der Waals surface area contributed by atoms with Gasteiger partial charge in [0.2, 0.25) is 0 Å². The largest absolute Gasteiger partial charge is 0.493 e. The average Bonchev–Trinajstić information content (AvgIpc) is 2.58.